The quantitative estimate of drug-likeness (QED) is 0.819. The first-order chi connectivity index (χ1) is 11.9. The van der Waals surface area contributed by atoms with Crippen molar-refractivity contribution in [2.45, 2.75) is 17.9 Å². The van der Waals surface area contributed by atoms with Crippen molar-refractivity contribution in [3.63, 3.8) is 0 Å². The van der Waals surface area contributed by atoms with Crippen LogP contribution in [0, 0.1) is 5.82 Å². The lowest BCUT2D eigenvalue weighted by molar-refractivity contribution is 0.171. The number of anilines is 1. The number of fused-ring (bicyclic) bond motifs is 1. The van der Waals surface area contributed by atoms with E-state index in [1.54, 1.807) is 0 Å². The van der Waals surface area contributed by atoms with Crippen molar-refractivity contribution < 1.29 is 17.5 Å². The third-order valence-corrected chi connectivity index (χ3v) is 6.13. The Hall–Kier alpha value is -2.12. The zero-order chi connectivity index (χ0) is 18.0. The molecule has 0 amide bonds. The Bertz CT molecular complexity index is 840. The fourth-order valence-electron chi connectivity index (χ4n) is 2.94. The number of halogens is 1. The summed E-state index contributed by atoms with van der Waals surface area (Å²) in [6.45, 7) is 3.69. The highest BCUT2D eigenvalue weighted by Crippen LogP contribution is 2.33. The minimum atomic E-state index is -3.69. The number of likely N-dealkylation sites (N-methyl/N-ethyl adjacent to an activating group) is 2. The highest BCUT2D eigenvalue weighted by atomic mass is 32.2. The van der Waals surface area contributed by atoms with Gasteiger partial charge in [0.15, 0.2) is 0 Å². The van der Waals surface area contributed by atoms with E-state index in [0.717, 1.165) is 30.1 Å². The van der Waals surface area contributed by atoms with Gasteiger partial charge in [-0.3, -0.25) is 0 Å². The van der Waals surface area contributed by atoms with E-state index in [1.165, 1.54) is 23.5 Å². The Morgan fingerprint density at radius 2 is 1.88 bits per heavy atom. The summed E-state index contributed by atoms with van der Waals surface area (Å²) in [5.74, 6) is 0.292. The minimum absolute atomic E-state index is 0.0694. The van der Waals surface area contributed by atoms with Crippen LogP contribution in [0.4, 0.5) is 10.1 Å². The van der Waals surface area contributed by atoms with Gasteiger partial charge in [-0.1, -0.05) is 12.1 Å². The van der Waals surface area contributed by atoms with E-state index in [2.05, 4.69) is 11.8 Å². The van der Waals surface area contributed by atoms with Crippen molar-refractivity contribution in [3.05, 3.63) is 54.3 Å². The number of hydrogen-bond donors (Lipinski definition) is 0. The monoisotopic (exact) mass is 364 g/mol. The van der Waals surface area contributed by atoms with Crippen molar-refractivity contribution in [1.82, 2.24) is 4.31 Å². The zero-order valence-corrected chi connectivity index (χ0v) is 15.0. The first-order valence-corrected chi connectivity index (χ1v) is 9.58. The number of nitrogens with zero attached hydrogens (tertiary/aromatic N) is 2. The molecule has 3 rings (SSSR count). The Balaban J connectivity index is 1.77. The molecule has 2 aromatic rings. The van der Waals surface area contributed by atoms with Gasteiger partial charge >= 0.3 is 0 Å². The van der Waals surface area contributed by atoms with Gasteiger partial charge in [0.2, 0.25) is 10.0 Å². The Morgan fingerprint density at radius 1 is 1.20 bits per heavy atom. The number of sulfonamides is 1. The van der Waals surface area contributed by atoms with Crippen LogP contribution < -0.4 is 9.64 Å². The standard InChI is InChI=1S/C18H21FN2O3S/c1-3-21-13-15(24-18-7-5-4-6-17(18)21)12-20(2)25(22,23)16-10-8-14(19)9-11-16/h4-11,15H,3,12-13H2,1-2H3/t15-/m1/s1. The van der Waals surface area contributed by atoms with E-state index in [0.29, 0.717) is 6.54 Å². The summed E-state index contributed by atoms with van der Waals surface area (Å²) in [5, 5.41) is 0. The lowest BCUT2D eigenvalue weighted by Crippen LogP contribution is -2.46. The number of benzene rings is 2. The average Bonchev–Trinajstić information content (AvgIpc) is 2.61. The van der Waals surface area contributed by atoms with Gasteiger partial charge in [0.25, 0.3) is 0 Å². The lowest BCUT2D eigenvalue weighted by atomic mass is 10.2. The molecule has 1 aliphatic heterocycles. The second-order valence-corrected chi connectivity index (χ2v) is 8.03. The lowest BCUT2D eigenvalue weighted by Gasteiger charge is -2.36. The number of para-hydroxylation sites is 2. The molecule has 0 aromatic heterocycles. The summed E-state index contributed by atoms with van der Waals surface area (Å²) in [6.07, 6.45) is -0.282. The zero-order valence-electron chi connectivity index (χ0n) is 14.2. The van der Waals surface area contributed by atoms with E-state index in [-0.39, 0.29) is 17.5 Å². The molecule has 0 N–H and O–H groups in total. The average molecular weight is 364 g/mol. The van der Waals surface area contributed by atoms with Crippen LogP contribution in [0.15, 0.2) is 53.4 Å². The third-order valence-electron chi connectivity index (χ3n) is 4.29. The topological polar surface area (TPSA) is 49.9 Å². The second kappa shape index (κ2) is 7.01. The molecule has 0 spiro atoms. The van der Waals surface area contributed by atoms with Crippen LogP contribution in [-0.4, -0.2) is 45.5 Å². The van der Waals surface area contributed by atoms with E-state index in [9.17, 15) is 12.8 Å². The first kappa shape index (κ1) is 17.7. The summed E-state index contributed by atoms with van der Waals surface area (Å²) in [6, 6.07) is 12.6. The molecule has 1 atom stereocenters. The SMILES string of the molecule is CCN1C[C@@H](CN(C)S(=O)(=O)c2ccc(F)cc2)Oc2ccccc21. The highest BCUT2D eigenvalue weighted by molar-refractivity contribution is 7.89. The van der Waals surface area contributed by atoms with Crippen LogP contribution >= 0.6 is 0 Å². The number of hydrogen-bond acceptors (Lipinski definition) is 4. The van der Waals surface area contributed by atoms with Gasteiger partial charge in [-0.05, 0) is 43.3 Å². The van der Waals surface area contributed by atoms with Crippen LogP contribution in [0.1, 0.15) is 6.92 Å². The molecular weight excluding hydrogens is 343 g/mol. The molecule has 0 fully saturated rings. The van der Waals surface area contributed by atoms with Gasteiger partial charge in [-0.25, -0.2) is 12.8 Å². The predicted octanol–water partition coefficient (Wildman–Crippen LogP) is 2.73. The molecule has 7 heteroatoms. The van der Waals surface area contributed by atoms with Crippen LogP contribution in [0.3, 0.4) is 0 Å². The van der Waals surface area contributed by atoms with Crippen molar-refractivity contribution in [2.24, 2.45) is 0 Å². The maximum absolute atomic E-state index is 13.0. The fraction of sp³-hybridized carbons (Fsp3) is 0.333. The summed E-state index contributed by atoms with van der Waals surface area (Å²) < 4.78 is 45.6. The van der Waals surface area contributed by atoms with Gasteiger partial charge in [0, 0.05) is 13.6 Å². The summed E-state index contributed by atoms with van der Waals surface area (Å²) in [5.41, 5.74) is 1.02. The molecule has 0 saturated carbocycles. The Morgan fingerprint density at radius 3 is 2.56 bits per heavy atom. The molecule has 0 bridgehead atoms. The molecule has 0 radical (unpaired) electrons. The van der Waals surface area contributed by atoms with Gasteiger partial charge in [-0.15, -0.1) is 0 Å². The maximum Gasteiger partial charge on any atom is 0.242 e. The van der Waals surface area contributed by atoms with Crippen molar-refractivity contribution >= 4 is 15.7 Å². The summed E-state index contributed by atoms with van der Waals surface area (Å²) >= 11 is 0. The highest BCUT2D eigenvalue weighted by Gasteiger charge is 2.29. The fourth-order valence-corrected chi connectivity index (χ4v) is 4.15. The Labute approximate surface area is 147 Å². The van der Waals surface area contributed by atoms with Crippen LogP contribution in [0.25, 0.3) is 0 Å². The molecule has 0 unspecified atom stereocenters. The molecule has 5 nitrogen and oxygen atoms in total. The smallest absolute Gasteiger partial charge is 0.242 e. The first-order valence-electron chi connectivity index (χ1n) is 8.14. The molecule has 0 saturated heterocycles. The molecule has 25 heavy (non-hydrogen) atoms. The van der Waals surface area contributed by atoms with Crippen LogP contribution in [-0.2, 0) is 10.0 Å². The molecule has 134 valence electrons. The molecule has 2 aromatic carbocycles. The Kier molecular flexibility index (Phi) is 4.96. The van der Waals surface area contributed by atoms with Crippen LogP contribution in [0.2, 0.25) is 0 Å². The van der Waals surface area contributed by atoms with Crippen molar-refractivity contribution in [1.29, 1.82) is 0 Å². The van der Waals surface area contributed by atoms with E-state index >= 15 is 0 Å². The van der Waals surface area contributed by atoms with E-state index in [4.69, 9.17) is 4.74 Å². The molecular formula is C18H21FN2O3S. The number of rotatable bonds is 5. The number of ether oxygens (including phenoxy) is 1. The maximum atomic E-state index is 13.0. The minimum Gasteiger partial charge on any atom is -0.485 e. The largest absolute Gasteiger partial charge is 0.485 e. The molecule has 0 aliphatic carbocycles. The molecule has 1 aliphatic rings. The van der Waals surface area contributed by atoms with Gasteiger partial charge < -0.3 is 9.64 Å². The van der Waals surface area contributed by atoms with Gasteiger partial charge in [-0.2, -0.15) is 4.31 Å². The van der Waals surface area contributed by atoms with E-state index < -0.39 is 15.8 Å². The normalized spacial score (nSPS) is 17.3. The molecule has 1 heterocycles. The third kappa shape index (κ3) is 3.62. The second-order valence-electron chi connectivity index (χ2n) is 5.99. The van der Waals surface area contributed by atoms with E-state index in [1.807, 2.05) is 24.3 Å². The van der Waals surface area contributed by atoms with Crippen molar-refractivity contribution in [3.8, 4) is 5.75 Å². The summed E-state index contributed by atoms with van der Waals surface area (Å²) in [4.78, 5) is 2.24. The van der Waals surface area contributed by atoms with Gasteiger partial charge in [0.1, 0.15) is 17.7 Å². The van der Waals surface area contributed by atoms with Gasteiger partial charge in [0.05, 0.1) is 23.7 Å². The van der Waals surface area contributed by atoms with Crippen molar-refractivity contribution in [2.75, 3.05) is 31.6 Å². The van der Waals surface area contributed by atoms with Crippen LogP contribution in [0.5, 0.6) is 5.75 Å². The summed E-state index contributed by atoms with van der Waals surface area (Å²) in [7, 11) is -2.18. The predicted molar refractivity (Wildman–Crippen MR) is 95.0 cm³/mol.